The molecule has 0 amide bonds. The van der Waals surface area contributed by atoms with Gasteiger partial charge in [-0.25, -0.2) is 0 Å². The van der Waals surface area contributed by atoms with Crippen molar-refractivity contribution in [1.82, 2.24) is 0 Å². The second-order valence-corrected chi connectivity index (χ2v) is 5.48. The molecule has 4 heteroatoms. The van der Waals surface area contributed by atoms with E-state index in [1.807, 2.05) is 49.4 Å². The third kappa shape index (κ3) is 5.25. The molecule has 0 aliphatic rings. The number of benzene rings is 2. The Bertz CT molecular complexity index is 527. The number of ether oxygens (including phenoxy) is 2. The van der Waals surface area contributed by atoms with Crippen LogP contribution < -0.4 is 9.47 Å². The lowest BCUT2D eigenvalue weighted by molar-refractivity contribution is 0.412. The van der Waals surface area contributed by atoms with Gasteiger partial charge in [0.2, 0.25) is 0 Å². The third-order valence-electron chi connectivity index (χ3n) is 2.36. The van der Waals surface area contributed by atoms with E-state index in [1.165, 1.54) is 5.56 Å². The fourth-order valence-electron chi connectivity index (χ4n) is 1.38. The average Bonchev–Trinajstić information content (AvgIpc) is 2.40. The molecule has 19 heavy (non-hydrogen) atoms. The molecule has 0 aromatic heterocycles. The molecule has 102 valence electrons. The topological polar surface area (TPSA) is 18.5 Å². The van der Waals surface area contributed by atoms with Crippen molar-refractivity contribution >= 4 is 31.9 Å². The second kappa shape index (κ2) is 8.23. The summed E-state index contributed by atoms with van der Waals surface area (Å²) in [6, 6.07) is 13.7. The van der Waals surface area contributed by atoms with Crippen molar-refractivity contribution in [3.63, 3.8) is 0 Å². The van der Waals surface area contributed by atoms with Crippen molar-refractivity contribution in [3.8, 4) is 11.5 Å². The van der Waals surface area contributed by atoms with Crippen LogP contribution in [0.3, 0.4) is 0 Å². The molecule has 2 rings (SSSR count). The van der Waals surface area contributed by atoms with E-state index in [0.29, 0.717) is 0 Å². The van der Waals surface area contributed by atoms with E-state index in [2.05, 4.69) is 31.9 Å². The van der Waals surface area contributed by atoms with Gasteiger partial charge in [-0.15, -0.1) is 0 Å². The normalized spacial score (nSPS) is 9.32. The van der Waals surface area contributed by atoms with Crippen molar-refractivity contribution in [2.45, 2.75) is 6.92 Å². The summed E-state index contributed by atoms with van der Waals surface area (Å²) in [5.41, 5.74) is 1.23. The molecule has 0 N–H and O–H groups in total. The molecule has 0 atom stereocenters. The summed E-state index contributed by atoms with van der Waals surface area (Å²) in [6.07, 6.45) is 0. The largest absolute Gasteiger partial charge is 0.496 e. The number of methoxy groups -OCH3 is 2. The van der Waals surface area contributed by atoms with Crippen molar-refractivity contribution in [1.29, 1.82) is 0 Å². The summed E-state index contributed by atoms with van der Waals surface area (Å²) < 4.78 is 12.1. The molecular formula is C15H16Br2O2. The van der Waals surface area contributed by atoms with Gasteiger partial charge in [0.1, 0.15) is 11.5 Å². The Morgan fingerprint density at radius 3 is 1.84 bits per heavy atom. The minimum Gasteiger partial charge on any atom is -0.496 e. The van der Waals surface area contributed by atoms with Gasteiger partial charge in [-0.2, -0.15) is 0 Å². The smallest absolute Gasteiger partial charge is 0.133 e. The molecule has 0 spiro atoms. The number of hydrogen-bond acceptors (Lipinski definition) is 2. The van der Waals surface area contributed by atoms with Crippen LogP contribution in [0.15, 0.2) is 51.4 Å². The predicted octanol–water partition coefficient (Wildman–Crippen LogP) is 5.22. The summed E-state index contributed by atoms with van der Waals surface area (Å²) in [6.45, 7) is 2.05. The summed E-state index contributed by atoms with van der Waals surface area (Å²) in [4.78, 5) is 0. The van der Waals surface area contributed by atoms with E-state index in [-0.39, 0.29) is 0 Å². The highest BCUT2D eigenvalue weighted by Crippen LogP contribution is 2.24. The number of halogens is 2. The fraction of sp³-hybridized carbons (Fsp3) is 0.200. The first kappa shape index (κ1) is 16.1. The number of para-hydroxylation sites is 1. The highest BCUT2D eigenvalue weighted by molar-refractivity contribution is 9.10. The van der Waals surface area contributed by atoms with Crippen LogP contribution in [0, 0.1) is 6.92 Å². The molecule has 0 bridgehead atoms. The number of hydrogen-bond donors (Lipinski definition) is 0. The molecule has 2 aromatic rings. The zero-order chi connectivity index (χ0) is 14.3. The maximum atomic E-state index is 5.05. The van der Waals surface area contributed by atoms with Gasteiger partial charge in [0, 0.05) is 0 Å². The maximum absolute atomic E-state index is 5.05. The standard InChI is InChI=1S/C8H9BrO.C7H7BrO/c1-6-3-4-8(10-2)7(9)5-6;1-9-7-5-3-2-4-6(7)8/h3-5H,1-2H3;2-5H,1H3. The molecule has 0 fully saturated rings. The summed E-state index contributed by atoms with van der Waals surface area (Å²) in [5, 5.41) is 0. The van der Waals surface area contributed by atoms with Crippen LogP contribution in [0.25, 0.3) is 0 Å². The molecule has 0 aliphatic carbocycles. The molecule has 2 nitrogen and oxygen atoms in total. The monoisotopic (exact) mass is 386 g/mol. The van der Waals surface area contributed by atoms with E-state index in [9.17, 15) is 0 Å². The minimum atomic E-state index is 0.873. The predicted molar refractivity (Wildman–Crippen MR) is 86.1 cm³/mol. The number of rotatable bonds is 2. The first-order valence-corrected chi connectivity index (χ1v) is 7.25. The van der Waals surface area contributed by atoms with Crippen molar-refractivity contribution in [2.24, 2.45) is 0 Å². The first-order valence-electron chi connectivity index (χ1n) is 5.67. The van der Waals surface area contributed by atoms with Gasteiger partial charge >= 0.3 is 0 Å². The summed E-state index contributed by atoms with van der Waals surface area (Å²) >= 11 is 6.71. The van der Waals surface area contributed by atoms with Crippen molar-refractivity contribution in [2.75, 3.05) is 14.2 Å². The van der Waals surface area contributed by atoms with E-state index < -0.39 is 0 Å². The van der Waals surface area contributed by atoms with Crippen LogP contribution in [0.4, 0.5) is 0 Å². The average molecular weight is 388 g/mol. The van der Waals surface area contributed by atoms with Gasteiger partial charge in [-0.1, -0.05) is 18.2 Å². The molecule has 0 heterocycles. The van der Waals surface area contributed by atoms with Crippen LogP contribution in [-0.2, 0) is 0 Å². The zero-order valence-electron chi connectivity index (χ0n) is 11.1. The van der Waals surface area contributed by atoms with Gasteiger partial charge in [-0.05, 0) is 68.6 Å². The Hall–Kier alpha value is -1.00. The molecule has 2 aromatic carbocycles. The van der Waals surface area contributed by atoms with E-state index >= 15 is 0 Å². The fourth-order valence-corrected chi connectivity index (χ4v) is 2.48. The second-order valence-electron chi connectivity index (χ2n) is 3.77. The van der Waals surface area contributed by atoms with Gasteiger partial charge in [0.15, 0.2) is 0 Å². The van der Waals surface area contributed by atoms with Crippen LogP contribution in [0.1, 0.15) is 5.56 Å². The minimum absolute atomic E-state index is 0.873. The van der Waals surface area contributed by atoms with Crippen molar-refractivity contribution in [3.05, 3.63) is 57.0 Å². The summed E-state index contributed by atoms with van der Waals surface area (Å²) in [5.74, 6) is 1.75. The molecule has 0 saturated heterocycles. The molecule has 0 unspecified atom stereocenters. The Morgan fingerprint density at radius 1 is 0.789 bits per heavy atom. The Balaban J connectivity index is 0.000000191. The Labute approximate surface area is 131 Å². The van der Waals surface area contributed by atoms with Gasteiger partial charge in [-0.3, -0.25) is 0 Å². The van der Waals surface area contributed by atoms with Crippen LogP contribution in [0.5, 0.6) is 11.5 Å². The highest BCUT2D eigenvalue weighted by atomic mass is 79.9. The van der Waals surface area contributed by atoms with Crippen LogP contribution in [-0.4, -0.2) is 14.2 Å². The first-order chi connectivity index (χ1) is 9.08. The Kier molecular flexibility index (Phi) is 6.95. The lowest BCUT2D eigenvalue weighted by Crippen LogP contribution is -1.83. The van der Waals surface area contributed by atoms with Gasteiger partial charge < -0.3 is 9.47 Å². The SMILES string of the molecule is COc1ccc(C)cc1Br.COc1ccccc1Br. The molecule has 0 saturated carbocycles. The molecular weight excluding hydrogens is 372 g/mol. The Morgan fingerprint density at radius 2 is 1.37 bits per heavy atom. The zero-order valence-corrected chi connectivity index (χ0v) is 14.3. The van der Waals surface area contributed by atoms with E-state index in [0.717, 1.165) is 20.4 Å². The third-order valence-corrected chi connectivity index (χ3v) is 3.64. The van der Waals surface area contributed by atoms with E-state index in [1.54, 1.807) is 14.2 Å². The quantitative estimate of drug-likeness (QED) is 0.702. The molecule has 0 radical (unpaired) electrons. The lowest BCUT2D eigenvalue weighted by atomic mass is 10.2. The lowest BCUT2D eigenvalue weighted by Gasteiger charge is -2.02. The summed E-state index contributed by atoms with van der Waals surface area (Å²) in [7, 11) is 3.32. The van der Waals surface area contributed by atoms with Gasteiger partial charge in [0.25, 0.3) is 0 Å². The number of aryl methyl sites for hydroxylation is 1. The maximum Gasteiger partial charge on any atom is 0.133 e. The van der Waals surface area contributed by atoms with E-state index in [4.69, 9.17) is 9.47 Å². The van der Waals surface area contributed by atoms with Crippen molar-refractivity contribution < 1.29 is 9.47 Å². The van der Waals surface area contributed by atoms with Gasteiger partial charge in [0.05, 0.1) is 23.2 Å². The highest BCUT2D eigenvalue weighted by Gasteiger charge is 1.96. The molecule has 0 aliphatic heterocycles. The van der Waals surface area contributed by atoms with Crippen LogP contribution in [0.2, 0.25) is 0 Å². The van der Waals surface area contributed by atoms with Crippen LogP contribution >= 0.6 is 31.9 Å².